The summed E-state index contributed by atoms with van der Waals surface area (Å²) in [6.45, 7) is 4.41. The molecule has 1 atom stereocenters. The molecule has 0 spiro atoms. The lowest BCUT2D eigenvalue weighted by Crippen LogP contribution is -2.38. The fourth-order valence-electron chi connectivity index (χ4n) is 2.82. The molecule has 0 bridgehead atoms. The molecule has 116 valence electrons. The molecule has 0 heterocycles. The highest BCUT2D eigenvalue weighted by Gasteiger charge is 2.22. The summed E-state index contributed by atoms with van der Waals surface area (Å²) < 4.78 is 5.69. The Balaban J connectivity index is 1.74. The Labute approximate surface area is 126 Å². The van der Waals surface area contributed by atoms with E-state index < -0.39 is 6.10 Å². The first kappa shape index (κ1) is 15.8. The number of hydrogen-bond donors (Lipinski definition) is 2. The van der Waals surface area contributed by atoms with Crippen molar-refractivity contribution in [2.45, 2.75) is 45.6 Å². The van der Waals surface area contributed by atoms with Crippen molar-refractivity contribution < 1.29 is 14.6 Å². The molecule has 0 saturated heterocycles. The quantitative estimate of drug-likeness (QED) is 0.846. The van der Waals surface area contributed by atoms with Crippen molar-refractivity contribution >= 4 is 5.91 Å². The molecule has 2 rings (SSSR count). The molecular weight excluding hydrogens is 266 g/mol. The monoisotopic (exact) mass is 291 g/mol. The second kappa shape index (κ2) is 7.46. The van der Waals surface area contributed by atoms with Crippen LogP contribution in [0.15, 0.2) is 18.2 Å². The number of benzene rings is 1. The van der Waals surface area contributed by atoms with Crippen LogP contribution < -0.4 is 10.1 Å². The van der Waals surface area contributed by atoms with Gasteiger partial charge in [0.2, 0.25) is 5.91 Å². The first-order valence-corrected chi connectivity index (χ1v) is 7.72. The van der Waals surface area contributed by atoms with Gasteiger partial charge in [0.1, 0.15) is 18.5 Å². The van der Waals surface area contributed by atoms with Gasteiger partial charge in [0.25, 0.3) is 0 Å². The third-order valence-corrected chi connectivity index (χ3v) is 4.07. The topological polar surface area (TPSA) is 58.6 Å². The Bertz CT molecular complexity index is 461. The normalized spacial score (nSPS) is 16.7. The van der Waals surface area contributed by atoms with E-state index in [-0.39, 0.29) is 25.0 Å². The molecule has 1 fully saturated rings. The van der Waals surface area contributed by atoms with Crippen LogP contribution in [0.2, 0.25) is 0 Å². The van der Waals surface area contributed by atoms with Crippen molar-refractivity contribution in [1.82, 2.24) is 5.32 Å². The number of nitrogens with one attached hydrogen (secondary N) is 1. The maximum absolute atomic E-state index is 11.9. The Kier molecular flexibility index (Phi) is 5.62. The van der Waals surface area contributed by atoms with Gasteiger partial charge >= 0.3 is 0 Å². The summed E-state index contributed by atoms with van der Waals surface area (Å²) in [5.74, 6) is 1.02. The molecule has 0 aromatic heterocycles. The molecule has 0 aliphatic heterocycles. The second-order valence-corrected chi connectivity index (χ2v) is 5.91. The molecule has 1 saturated carbocycles. The van der Waals surface area contributed by atoms with E-state index in [9.17, 15) is 9.90 Å². The zero-order chi connectivity index (χ0) is 15.2. The molecule has 0 unspecified atom stereocenters. The zero-order valence-electron chi connectivity index (χ0n) is 12.9. The van der Waals surface area contributed by atoms with Crippen molar-refractivity contribution in [2.24, 2.45) is 5.92 Å². The van der Waals surface area contributed by atoms with Crippen LogP contribution in [0.25, 0.3) is 0 Å². The summed E-state index contributed by atoms with van der Waals surface area (Å²) in [6, 6.07) is 5.95. The molecule has 1 aliphatic rings. The Morgan fingerprint density at radius 2 is 1.95 bits per heavy atom. The van der Waals surface area contributed by atoms with Crippen LogP contribution in [0.5, 0.6) is 5.75 Å². The van der Waals surface area contributed by atoms with Crippen LogP contribution in [-0.2, 0) is 4.79 Å². The summed E-state index contributed by atoms with van der Waals surface area (Å²) in [5, 5.41) is 12.8. The Morgan fingerprint density at radius 3 is 2.57 bits per heavy atom. The lowest BCUT2D eigenvalue weighted by molar-refractivity contribution is -0.125. The number of hydrogen-bond acceptors (Lipinski definition) is 3. The van der Waals surface area contributed by atoms with Crippen LogP contribution in [0, 0.1) is 19.8 Å². The van der Waals surface area contributed by atoms with Crippen molar-refractivity contribution in [3.05, 3.63) is 29.3 Å². The van der Waals surface area contributed by atoms with Gasteiger partial charge in [-0.15, -0.1) is 0 Å². The molecule has 1 aromatic carbocycles. The molecule has 4 nitrogen and oxygen atoms in total. The van der Waals surface area contributed by atoms with E-state index in [1.807, 2.05) is 32.0 Å². The molecule has 2 N–H and O–H groups in total. The SMILES string of the molecule is Cc1cccc(C)c1OC[C@H](O)CNC(=O)C1CCCC1. The van der Waals surface area contributed by atoms with E-state index in [0.29, 0.717) is 0 Å². The molecule has 0 radical (unpaired) electrons. The fraction of sp³-hybridized carbons (Fsp3) is 0.588. The highest BCUT2D eigenvalue weighted by Crippen LogP contribution is 2.24. The molecule has 21 heavy (non-hydrogen) atoms. The minimum absolute atomic E-state index is 0.0682. The first-order chi connectivity index (χ1) is 10.1. The summed E-state index contributed by atoms with van der Waals surface area (Å²) in [5.41, 5.74) is 2.11. The third-order valence-electron chi connectivity index (χ3n) is 4.07. The number of aliphatic hydroxyl groups excluding tert-OH is 1. The van der Waals surface area contributed by atoms with Crippen LogP contribution in [0.3, 0.4) is 0 Å². The second-order valence-electron chi connectivity index (χ2n) is 5.91. The Morgan fingerprint density at radius 1 is 1.33 bits per heavy atom. The maximum atomic E-state index is 11.9. The highest BCUT2D eigenvalue weighted by atomic mass is 16.5. The van der Waals surface area contributed by atoms with Gasteiger partial charge in [0.15, 0.2) is 0 Å². The average Bonchev–Trinajstić information content (AvgIpc) is 2.98. The molecule has 1 amide bonds. The number of carbonyl (C=O) groups is 1. The van der Waals surface area contributed by atoms with Gasteiger partial charge in [-0.05, 0) is 37.8 Å². The minimum Gasteiger partial charge on any atom is -0.490 e. The molecular formula is C17H25NO3. The average molecular weight is 291 g/mol. The number of aliphatic hydroxyl groups is 1. The zero-order valence-corrected chi connectivity index (χ0v) is 12.9. The Hall–Kier alpha value is -1.55. The van der Waals surface area contributed by atoms with Gasteiger partial charge in [0.05, 0.1) is 0 Å². The highest BCUT2D eigenvalue weighted by molar-refractivity contribution is 5.78. The van der Waals surface area contributed by atoms with E-state index in [2.05, 4.69) is 5.32 Å². The van der Waals surface area contributed by atoms with E-state index in [0.717, 1.165) is 42.6 Å². The summed E-state index contributed by atoms with van der Waals surface area (Å²) in [6.07, 6.45) is 3.53. The summed E-state index contributed by atoms with van der Waals surface area (Å²) >= 11 is 0. The van der Waals surface area contributed by atoms with Crippen LogP contribution in [0.4, 0.5) is 0 Å². The minimum atomic E-state index is -0.686. The number of rotatable bonds is 6. The summed E-state index contributed by atoms with van der Waals surface area (Å²) in [4.78, 5) is 11.9. The standard InChI is InChI=1S/C17H25NO3/c1-12-6-5-7-13(2)16(12)21-11-15(19)10-18-17(20)14-8-3-4-9-14/h5-7,14-15,19H,3-4,8-11H2,1-2H3,(H,18,20)/t15-/m1/s1. The molecule has 1 aromatic rings. The van der Waals surface area contributed by atoms with E-state index >= 15 is 0 Å². The van der Waals surface area contributed by atoms with Crippen molar-refractivity contribution in [3.8, 4) is 5.75 Å². The number of carbonyl (C=O) groups excluding carboxylic acids is 1. The first-order valence-electron chi connectivity index (χ1n) is 7.72. The van der Waals surface area contributed by atoms with E-state index in [1.54, 1.807) is 0 Å². The fourth-order valence-corrected chi connectivity index (χ4v) is 2.82. The molecule has 4 heteroatoms. The van der Waals surface area contributed by atoms with Crippen LogP contribution in [-0.4, -0.2) is 30.3 Å². The van der Waals surface area contributed by atoms with E-state index in [4.69, 9.17) is 4.74 Å². The maximum Gasteiger partial charge on any atom is 0.223 e. The number of amides is 1. The van der Waals surface area contributed by atoms with Gasteiger partial charge in [-0.2, -0.15) is 0 Å². The van der Waals surface area contributed by atoms with Gasteiger partial charge in [-0.25, -0.2) is 0 Å². The predicted octanol–water partition coefficient (Wildman–Crippen LogP) is 2.35. The number of aryl methyl sites for hydroxylation is 2. The summed E-state index contributed by atoms with van der Waals surface area (Å²) in [7, 11) is 0. The van der Waals surface area contributed by atoms with Crippen molar-refractivity contribution in [3.63, 3.8) is 0 Å². The smallest absolute Gasteiger partial charge is 0.223 e. The third kappa shape index (κ3) is 4.46. The van der Waals surface area contributed by atoms with Crippen molar-refractivity contribution in [1.29, 1.82) is 0 Å². The lowest BCUT2D eigenvalue weighted by atomic mass is 10.1. The lowest BCUT2D eigenvalue weighted by Gasteiger charge is -2.17. The van der Waals surface area contributed by atoms with Gasteiger partial charge in [0, 0.05) is 12.5 Å². The van der Waals surface area contributed by atoms with Gasteiger partial charge < -0.3 is 15.2 Å². The number of para-hydroxylation sites is 1. The van der Waals surface area contributed by atoms with Gasteiger partial charge in [-0.3, -0.25) is 4.79 Å². The van der Waals surface area contributed by atoms with E-state index in [1.165, 1.54) is 0 Å². The van der Waals surface area contributed by atoms with Gasteiger partial charge in [-0.1, -0.05) is 31.0 Å². The number of ether oxygens (including phenoxy) is 1. The largest absolute Gasteiger partial charge is 0.490 e. The predicted molar refractivity (Wildman–Crippen MR) is 82.4 cm³/mol. The molecule has 1 aliphatic carbocycles. The van der Waals surface area contributed by atoms with Crippen LogP contribution >= 0.6 is 0 Å². The van der Waals surface area contributed by atoms with Crippen molar-refractivity contribution in [2.75, 3.05) is 13.2 Å². The van der Waals surface area contributed by atoms with Crippen LogP contribution in [0.1, 0.15) is 36.8 Å².